The molecule has 0 saturated carbocycles. The molecule has 1 aliphatic heterocycles. The molecule has 2 rings (SSSR count). The van der Waals surface area contributed by atoms with Crippen molar-refractivity contribution in [1.29, 1.82) is 0 Å². The number of methoxy groups -OCH3 is 1. The van der Waals surface area contributed by atoms with E-state index >= 15 is 0 Å². The van der Waals surface area contributed by atoms with Crippen LogP contribution in [-0.2, 0) is 11.3 Å². The van der Waals surface area contributed by atoms with Crippen LogP contribution in [0, 0.1) is 0 Å². The number of anilines is 1. The zero-order valence-electron chi connectivity index (χ0n) is 12.4. The Hall–Kier alpha value is -1.06. The second-order valence-corrected chi connectivity index (χ2v) is 5.93. The standard InChI is InChI=1S/C16H26N2O/c1-16(2,19-3)13-17-12-14-6-8-15(9-7-14)18-10-4-5-11-18/h6-9,17H,4-5,10-13H2,1-3H3. The highest BCUT2D eigenvalue weighted by Crippen LogP contribution is 2.20. The van der Waals surface area contributed by atoms with E-state index < -0.39 is 0 Å². The van der Waals surface area contributed by atoms with Gasteiger partial charge in [0.15, 0.2) is 0 Å². The van der Waals surface area contributed by atoms with Gasteiger partial charge in [0.1, 0.15) is 0 Å². The smallest absolute Gasteiger partial charge is 0.0746 e. The predicted molar refractivity (Wildman–Crippen MR) is 80.7 cm³/mol. The molecule has 1 aromatic rings. The second-order valence-electron chi connectivity index (χ2n) is 5.93. The molecular formula is C16H26N2O. The Labute approximate surface area is 116 Å². The van der Waals surface area contributed by atoms with Crippen LogP contribution >= 0.6 is 0 Å². The van der Waals surface area contributed by atoms with Gasteiger partial charge in [0.05, 0.1) is 5.60 Å². The van der Waals surface area contributed by atoms with E-state index in [1.54, 1.807) is 7.11 Å². The first kappa shape index (κ1) is 14.4. The van der Waals surface area contributed by atoms with Gasteiger partial charge in [-0.1, -0.05) is 12.1 Å². The summed E-state index contributed by atoms with van der Waals surface area (Å²) in [5, 5.41) is 3.44. The van der Waals surface area contributed by atoms with Crippen LogP contribution in [0.2, 0.25) is 0 Å². The van der Waals surface area contributed by atoms with E-state index in [-0.39, 0.29) is 5.60 Å². The molecule has 0 spiro atoms. The summed E-state index contributed by atoms with van der Waals surface area (Å²) in [6.07, 6.45) is 2.66. The largest absolute Gasteiger partial charge is 0.377 e. The summed E-state index contributed by atoms with van der Waals surface area (Å²) < 4.78 is 5.39. The van der Waals surface area contributed by atoms with Gasteiger partial charge in [-0.05, 0) is 44.4 Å². The summed E-state index contributed by atoms with van der Waals surface area (Å²) in [5.41, 5.74) is 2.59. The van der Waals surface area contributed by atoms with Crippen LogP contribution in [0.4, 0.5) is 5.69 Å². The van der Waals surface area contributed by atoms with E-state index in [9.17, 15) is 0 Å². The van der Waals surface area contributed by atoms with Crippen LogP contribution in [0.15, 0.2) is 24.3 Å². The van der Waals surface area contributed by atoms with Crippen LogP contribution in [0.25, 0.3) is 0 Å². The van der Waals surface area contributed by atoms with Crippen molar-refractivity contribution in [2.75, 3.05) is 31.6 Å². The summed E-state index contributed by atoms with van der Waals surface area (Å²) in [5.74, 6) is 0. The van der Waals surface area contributed by atoms with E-state index in [0.717, 1.165) is 13.1 Å². The molecule has 1 fully saturated rings. The zero-order chi connectivity index (χ0) is 13.7. The number of hydrogen-bond donors (Lipinski definition) is 1. The summed E-state index contributed by atoms with van der Waals surface area (Å²) >= 11 is 0. The Morgan fingerprint density at radius 3 is 2.37 bits per heavy atom. The Morgan fingerprint density at radius 2 is 1.79 bits per heavy atom. The third kappa shape index (κ3) is 4.22. The van der Waals surface area contributed by atoms with Gasteiger partial charge >= 0.3 is 0 Å². The SMILES string of the molecule is COC(C)(C)CNCc1ccc(N2CCCC2)cc1. The van der Waals surface area contributed by atoms with Crippen molar-refractivity contribution < 1.29 is 4.74 Å². The molecular weight excluding hydrogens is 236 g/mol. The topological polar surface area (TPSA) is 24.5 Å². The van der Waals surface area contributed by atoms with Gasteiger partial charge in [-0.2, -0.15) is 0 Å². The van der Waals surface area contributed by atoms with Gasteiger partial charge in [0.25, 0.3) is 0 Å². The molecule has 3 heteroatoms. The zero-order valence-corrected chi connectivity index (χ0v) is 12.4. The number of nitrogens with zero attached hydrogens (tertiary/aromatic N) is 1. The molecule has 0 unspecified atom stereocenters. The Balaban J connectivity index is 1.81. The number of rotatable bonds is 6. The molecule has 3 nitrogen and oxygen atoms in total. The van der Waals surface area contributed by atoms with Crippen LogP contribution in [0.5, 0.6) is 0 Å². The maximum atomic E-state index is 5.39. The first-order valence-corrected chi connectivity index (χ1v) is 7.20. The van der Waals surface area contributed by atoms with Crippen LogP contribution in [0.1, 0.15) is 32.3 Å². The van der Waals surface area contributed by atoms with Gasteiger partial charge in [0, 0.05) is 39.0 Å². The van der Waals surface area contributed by atoms with Crippen LogP contribution < -0.4 is 10.2 Å². The first-order chi connectivity index (χ1) is 9.11. The fourth-order valence-corrected chi connectivity index (χ4v) is 2.38. The van der Waals surface area contributed by atoms with Crippen molar-refractivity contribution in [2.24, 2.45) is 0 Å². The molecule has 106 valence electrons. The Bertz CT molecular complexity index is 380. The molecule has 19 heavy (non-hydrogen) atoms. The highest BCUT2D eigenvalue weighted by molar-refractivity contribution is 5.48. The van der Waals surface area contributed by atoms with Crippen molar-refractivity contribution in [1.82, 2.24) is 5.32 Å². The summed E-state index contributed by atoms with van der Waals surface area (Å²) in [7, 11) is 1.76. The third-order valence-electron chi connectivity index (χ3n) is 3.84. The predicted octanol–water partition coefficient (Wildman–Crippen LogP) is 2.80. The summed E-state index contributed by atoms with van der Waals surface area (Å²) in [6.45, 7) is 8.36. The fourth-order valence-electron chi connectivity index (χ4n) is 2.38. The summed E-state index contributed by atoms with van der Waals surface area (Å²) in [4.78, 5) is 2.46. The number of ether oxygens (including phenoxy) is 1. The van der Waals surface area contributed by atoms with E-state index in [2.05, 4.69) is 48.3 Å². The van der Waals surface area contributed by atoms with Gasteiger partial charge in [-0.25, -0.2) is 0 Å². The average molecular weight is 262 g/mol. The highest BCUT2D eigenvalue weighted by Gasteiger charge is 2.15. The minimum atomic E-state index is -0.102. The molecule has 1 saturated heterocycles. The molecule has 1 N–H and O–H groups in total. The normalized spacial score (nSPS) is 16.1. The van der Waals surface area contributed by atoms with E-state index in [1.165, 1.54) is 37.2 Å². The van der Waals surface area contributed by atoms with Gasteiger partial charge in [0.2, 0.25) is 0 Å². The third-order valence-corrected chi connectivity index (χ3v) is 3.84. The lowest BCUT2D eigenvalue weighted by Crippen LogP contribution is -2.36. The number of benzene rings is 1. The van der Waals surface area contributed by atoms with Crippen LogP contribution in [0.3, 0.4) is 0 Å². The lowest BCUT2D eigenvalue weighted by molar-refractivity contribution is 0.0231. The lowest BCUT2D eigenvalue weighted by Gasteiger charge is -2.23. The Morgan fingerprint density at radius 1 is 1.16 bits per heavy atom. The molecule has 1 aromatic carbocycles. The van der Waals surface area contributed by atoms with Crippen molar-refractivity contribution >= 4 is 5.69 Å². The number of hydrogen-bond acceptors (Lipinski definition) is 3. The highest BCUT2D eigenvalue weighted by atomic mass is 16.5. The minimum Gasteiger partial charge on any atom is -0.377 e. The van der Waals surface area contributed by atoms with E-state index in [1.807, 2.05) is 0 Å². The average Bonchev–Trinajstić information content (AvgIpc) is 2.93. The molecule has 0 amide bonds. The molecule has 0 aliphatic carbocycles. The van der Waals surface area contributed by atoms with Crippen molar-refractivity contribution in [3.05, 3.63) is 29.8 Å². The van der Waals surface area contributed by atoms with Gasteiger partial charge in [-0.3, -0.25) is 0 Å². The van der Waals surface area contributed by atoms with Crippen LogP contribution in [-0.4, -0.2) is 32.3 Å². The number of nitrogens with one attached hydrogen (secondary N) is 1. The second kappa shape index (κ2) is 6.40. The fraction of sp³-hybridized carbons (Fsp3) is 0.625. The molecule has 1 heterocycles. The van der Waals surface area contributed by atoms with Crippen molar-refractivity contribution in [2.45, 2.75) is 38.8 Å². The molecule has 0 atom stereocenters. The minimum absolute atomic E-state index is 0.102. The van der Waals surface area contributed by atoms with Gasteiger partial charge < -0.3 is 15.0 Å². The van der Waals surface area contributed by atoms with E-state index in [4.69, 9.17) is 4.74 Å². The maximum absolute atomic E-state index is 5.39. The first-order valence-electron chi connectivity index (χ1n) is 7.20. The molecule has 0 aromatic heterocycles. The van der Waals surface area contributed by atoms with Crippen molar-refractivity contribution in [3.8, 4) is 0 Å². The lowest BCUT2D eigenvalue weighted by atomic mass is 10.1. The van der Waals surface area contributed by atoms with Crippen molar-refractivity contribution in [3.63, 3.8) is 0 Å². The maximum Gasteiger partial charge on any atom is 0.0746 e. The summed E-state index contributed by atoms with van der Waals surface area (Å²) in [6, 6.07) is 8.93. The molecule has 0 radical (unpaired) electrons. The monoisotopic (exact) mass is 262 g/mol. The Kier molecular flexibility index (Phi) is 4.83. The molecule has 0 bridgehead atoms. The van der Waals surface area contributed by atoms with E-state index in [0.29, 0.717) is 0 Å². The molecule has 1 aliphatic rings. The quantitative estimate of drug-likeness (QED) is 0.853. The van der Waals surface area contributed by atoms with Gasteiger partial charge in [-0.15, -0.1) is 0 Å².